The quantitative estimate of drug-likeness (QED) is 0.554. The molecule has 3 aromatic carbocycles. The van der Waals surface area contributed by atoms with Crippen molar-refractivity contribution in [3.8, 4) is 17.2 Å². The molecule has 176 valence electrons. The van der Waals surface area contributed by atoms with Crippen molar-refractivity contribution in [3.63, 3.8) is 0 Å². The van der Waals surface area contributed by atoms with Crippen LogP contribution < -0.4 is 9.47 Å². The lowest BCUT2D eigenvalue weighted by Gasteiger charge is -2.40. The number of hydrogen-bond acceptors (Lipinski definition) is 6. The Morgan fingerprint density at radius 3 is 2.53 bits per heavy atom. The van der Waals surface area contributed by atoms with Gasteiger partial charge in [-0.25, -0.2) is 17.8 Å². The van der Waals surface area contributed by atoms with Crippen molar-refractivity contribution in [2.24, 2.45) is 4.99 Å². The van der Waals surface area contributed by atoms with E-state index in [1.807, 2.05) is 49.4 Å². The van der Waals surface area contributed by atoms with Crippen LogP contribution in [0.2, 0.25) is 0 Å². The van der Waals surface area contributed by atoms with Crippen LogP contribution >= 0.6 is 0 Å². The third-order valence-electron chi connectivity index (χ3n) is 6.03. The molecule has 2 aliphatic rings. The molecule has 0 aromatic heterocycles. The molecule has 5 rings (SSSR count). The van der Waals surface area contributed by atoms with Crippen LogP contribution in [-0.4, -0.2) is 56.2 Å². The lowest BCUT2D eigenvalue weighted by molar-refractivity contribution is 0.205. The van der Waals surface area contributed by atoms with Crippen molar-refractivity contribution < 1.29 is 22.3 Å². The van der Waals surface area contributed by atoms with Crippen LogP contribution in [0.3, 0.4) is 0 Å². The fourth-order valence-corrected chi connectivity index (χ4v) is 5.96. The van der Waals surface area contributed by atoms with Gasteiger partial charge >= 0.3 is 0 Å². The number of halogens is 1. The minimum Gasteiger partial charge on any atom is -0.493 e. The summed E-state index contributed by atoms with van der Waals surface area (Å²) in [5.74, 6) is 2.01. The normalized spacial score (nSPS) is 18.3. The van der Waals surface area contributed by atoms with Crippen molar-refractivity contribution in [1.29, 1.82) is 0 Å². The minimum atomic E-state index is -3.75. The molecule has 0 aliphatic carbocycles. The number of nitrogens with zero attached hydrogens (tertiary/aromatic N) is 3. The topological polar surface area (TPSA) is 71.4 Å². The van der Waals surface area contributed by atoms with Crippen molar-refractivity contribution in [3.05, 3.63) is 78.1 Å². The fourth-order valence-electron chi connectivity index (χ4n) is 4.35. The highest BCUT2D eigenvalue weighted by Crippen LogP contribution is 2.43. The largest absolute Gasteiger partial charge is 0.493 e. The fraction of sp³-hybridized carbons (Fsp3) is 0.240. The summed E-state index contributed by atoms with van der Waals surface area (Å²) < 4.78 is 53.0. The van der Waals surface area contributed by atoms with Crippen LogP contribution in [0.25, 0.3) is 0 Å². The molecule has 2 aliphatic heterocycles. The predicted molar refractivity (Wildman–Crippen MR) is 127 cm³/mol. The highest BCUT2D eigenvalue weighted by atomic mass is 32.2. The lowest BCUT2D eigenvalue weighted by atomic mass is 10.1. The Bertz CT molecular complexity index is 1360. The Morgan fingerprint density at radius 1 is 1.03 bits per heavy atom. The third-order valence-corrected chi connectivity index (χ3v) is 8.06. The molecule has 1 unspecified atom stereocenters. The summed E-state index contributed by atoms with van der Waals surface area (Å²) in [4.78, 5) is 7.08. The number of hydrogen-bond donors (Lipinski definition) is 0. The minimum absolute atomic E-state index is 0.0819. The van der Waals surface area contributed by atoms with Crippen molar-refractivity contribution in [1.82, 2.24) is 9.21 Å². The van der Waals surface area contributed by atoms with Crippen LogP contribution in [0.15, 0.2) is 76.6 Å². The SMILES string of the molecule is COc1cccc2c1Oc1ccccc1N=C2N1CCN(S(=O)(=O)c2ccc(F)cc2)C(C)C1. The third kappa shape index (κ3) is 3.91. The molecule has 0 N–H and O–H groups in total. The number of para-hydroxylation sites is 3. The summed E-state index contributed by atoms with van der Waals surface area (Å²) in [6.45, 7) is 2.99. The molecule has 0 radical (unpaired) electrons. The van der Waals surface area contributed by atoms with E-state index in [-0.39, 0.29) is 17.5 Å². The maximum atomic E-state index is 13.3. The Kier molecular flexibility index (Phi) is 5.75. The van der Waals surface area contributed by atoms with Crippen molar-refractivity contribution in [2.75, 3.05) is 26.7 Å². The van der Waals surface area contributed by atoms with Gasteiger partial charge in [0.1, 0.15) is 17.3 Å². The number of ether oxygens (including phenoxy) is 2. The van der Waals surface area contributed by atoms with Gasteiger partial charge < -0.3 is 14.4 Å². The molecule has 34 heavy (non-hydrogen) atoms. The Labute approximate surface area is 198 Å². The molecule has 9 heteroatoms. The lowest BCUT2D eigenvalue weighted by Crippen LogP contribution is -2.55. The molecule has 1 saturated heterocycles. The van der Waals surface area contributed by atoms with E-state index in [1.54, 1.807) is 7.11 Å². The second kappa shape index (κ2) is 8.73. The Morgan fingerprint density at radius 2 is 1.79 bits per heavy atom. The number of rotatable bonds is 3. The van der Waals surface area contributed by atoms with Crippen molar-refractivity contribution in [2.45, 2.75) is 17.9 Å². The van der Waals surface area contributed by atoms with Crippen LogP contribution in [-0.2, 0) is 10.0 Å². The van der Waals surface area contributed by atoms with E-state index in [9.17, 15) is 12.8 Å². The first kappa shape index (κ1) is 22.4. The molecule has 0 amide bonds. The van der Waals surface area contributed by atoms with E-state index in [1.165, 1.54) is 16.4 Å². The summed E-state index contributed by atoms with van der Waals surface area (Å²) in [6, 6.07) is 17.7. The smallest absolute Gasteiger partial charge is 0.243 e. The van der Waals surface area contributed by atoms with E-state index < -0.39 is 15.8 Å². The standard InChI is InChI=1S/C25H24FN3O4S/c1-17-16-28(14-15-29(17)34(30,31)19-12-10-18(26)11-13-19)25-20-6-5-9-23(32-2)24(20)33-22-8-4-3-7-21(22)27-25/h3-13,17H,14-16H2,1-2H3. The zero-order valence-electron chi connectivity index (χ0n) is 18.8. The van der Waals surface area contributed by atoms with Gasteiger partial charge in [0.25, 0.3) is 0 Å². The molecule has 3 aromatic rings. The molecular formula is C25H24FN3O4S. The molecule has 1 atom stereocenters. The summed E-state index contributed by atoms with van der Waals surface area (Å²) in [5.41, 5.74) is 1.46. The number of sulfonamides is 1. The maximum absolute atomic E-state index is 13.3. The zero-order chi connectivity index (χ0) is 23.9. The first-order valence-electron chi connectivity index (χ1n) is 10.9. The molecule has 0 saturated carbocycles. The monoisotopic (exact) mass is 481 g/mol. The molecule has 7 nitrogen and oxygen atoms in total. The maximum Gasteiger partial charge on any atom is 0.243 e. The van der Waals surface area contributed by atoms with Crippen LogP contribution in [0, 0.1) is 5.82 Å². The molecule has 0 spiro atoms. The molecule has 0 bridgehead atoms. The summed E-state index contributed by atoms with van der Waals surface area (Å²) >= 11 is 0. The molecule has 1 fully saturated rings. The second-order valence-corrected chi connectivity index (χ2v) is 10.1. The summed E-state index contributed by atoms with van der Waals surface area (Å²) in [5, 5.41) is 0. The first-order chi connectivity index (χ1) is 16.4. The van der Waals surface area contributed by atoms with Gasteiger partial charge in [0.05, 0.1) is 17.6 Å². The van der Waals surface area contributed by atoms with Crippen LogP contribution in [0.5, 0.6) is 17.2 Å². The number of aliphatic imine (C=N–C) groups is 1. The molecule has 2 heterocycles. The average molecular weight is 482 g/mol. The van der Waals surface area contributed by atoms with Crippen molar-refractivity contribution >= 4 is 21.5 Å². The van der Waals surface area contributed by atoms with E-state index in [2.05, 4.69) is 4.90 Å². The van der Waals surface area contributed by atoms with Gasteiger partial charge in [-0.2, -0.15) is 4.31 Å². The van der Waals surface area contributed by atoms with Crippen LogP contribution in [0.1, 0.15) is 12.5 Å². The number of methoxy groups -OCH3 is 1. The summed E-state index contributed by atoms with van der Waals surface area (Å²) in [7, 11) is -2.16. The highest BCUT2D eigenvalue weighted by Gasteiger charge is 2.36. The van der Waals surface area contributed by atoms with Gasteiger partial charge in [-0.1, -0.05) is 18.2 Å². The van der Waals surface area contributed by atoms with Gasteiger partial charge in [-0.15, -0.1) is 0 Å². The first-order valence-corrected chi connectivity index (χ1v) is 12.4. The Hall–Kier alpha value is -3.43. The highest BCUT2D eigenvalue weighted by molar-refractivity contribution is 7.89. The van der Waals surface area contributed by atoms with Crippen LogP contribution in [0.4, 0.5) is 10.1 Å². The van der Waals surface area contributed by atoms with E-state index in [0.29, 0.717) is 41.9 Å². The summed E-state index contributed by atoms with van der Waals surface area (Å²) in [6.07, 6.45) is 0. The van der Waals surface area contributed by atoms with Gasteiger partial charge in [0, 0.05) is 25.7 Å². The van der Waals surface area contributed by atoms with E-state index >= 15 is 0 Å². The number of amidine groups is 1. The second-order valence-electron chi connectivity index (χ2n) is 8.21. The number of benzene rings is 3. The number of fused-ring (bicyclic) bond motifs is 2. The van der Waals surface area contributed by atoms with Gasteiger partial charge in [-0.3, -0.25) is 0 Å². The van der Waals surface area contributed by atoms with E-state index in [4.69, 9.17) is 14.5 Å². The zero-order valence-corrected chi connectivity index (χ0v) is 19.6. The average Bonchev–Trinajstić information content (AvgIpc) is 3.01. The van der Waals surface area contributed by atoms with Gasteiger partial charge in [0.15, 0.2) is 17.2 Å². The van der Waals surface area contributed by atoms with Gasteiger partial charge in [-0.05, 0) is 55.5 Å². The van der Waals surface area contributed by atoms with E-state index in [0.717, 1.165) is 17.7 Å². The Balaban J connectivity index is 1.49. The van der Waals surface area contributed by atoms with Gasteiger partial charge in [0.2, 0.25) is 10.0 Å². The molecular weight excluding hydrogens is 457 g/mol. The number of piperazine rings is 1. The predicted octanol–water partition coefficient (Wildman–Crippen LogP) is 4.41.